The van der Waals surface area contributed by atoms with Gasteiger partial charge >= 0.3 is 0 Å². The molecule has 1 aliphatic heterocycles. The Kier molecular flexibility index (Phi) is 15.1. The van der Waals surface area contributed by atoms with Crippen molar-refractivity contribution >= 4 is 30.7 Å². The highest BCUT2D eigenvalue weighted by Gasteiger charge is 2.09. The van der Waals surface area contributed by atoms with E-state index in [1.54, 1.807) is 0 Å². The zero-order valence-corrected chi connectivity index (χ0v) is 12.9. The highest BCUT2D eigenvalue weighted by Crippen LogP contribution is 2.07. The molecule has 1 heterocycles. The molecule has 2 N–H and O–H groups in total. The second-order valence-electron chi connectivity index (χ2n) is 4.46. The van der Waals surface area contributed by atoms with Crippen molar-refractivity contribution in [3.63, 3.8) is 0 Å². The van der Waals surface area contributed by atoms with Gasteiger partial charge in [0.05, 0.1) is 0 Å². The minimum absolute atomic E-state index is 0. The monoisotopic (exact) mass is 299 g/mol. The molecule has 4 nitrogen and oxygen atoms in total. The summed E-state index contributed by atoms with van der Waals surface area (Å²) < 4.78 is 0. The molecule has 6 heteroatoms. The quantitative estimate of drug-likeness (QED) is 0.699. The second-order valence-corrected chi connectivity index (χ2v) is 4.46. The molecular formula is C12H27Cl2N3O. The molecule has 0 aromatic heterocycles. The van der Waals surface area contributed by atoms with Crippen LogP contribution in [-0.2, 0) is 4.79 Å². The van der Waals surface area contributed by atoms with Gasteiger partial charge in [0.1, 0.15) is 0 Å². The molecular weight excluding hydrogens is 273 g/mol. The van der Waals surface area contributed by atoms with Crippen molar-refractivity contribution in [2.45, 2.75) is 32.1 Å². The Morgan fingerprint density at radius 3 is 2.39 bits per heavy atom. The molecule has 0 bridgehead atoms. The molecule has 110 valence electrons. The van der Waals surface area contributed by atoms with Crippen molar-refractivity contribution in [2.75, 3.05) is 39.8 Å². The molecule has 0 aromatic rings. The number of piperidine rings is 1. The first-order chi connectivity index (χ1) is 7.83. The second kappa shape index (κ2) is 13.4. The van der Waals surface area contributed by atoms with Gasteiger partial charge in [-0.2, -0.15) is 0 Å². The number of nitrogens with one attached hydrogen (secondary N) is 2. The smallest absolute Gasteiger partial charge is 0.220 e. The van der Waals surface area contributed by atoms with E-state index >= 15 is 0 Å². The lowest BCUT2D eigenvalue weighted by Crippen LogP contribution is -2.37. The summed E-state index contributed by atoms with van der Waals surface area (Å²) in [6.45, 7) is 5.14. The Balaban J connectivity index is 0. The number of amides is 1. The predicted octanol–water partition coefficient (Wildman–Crippen LogP) is 1.43. The van der Waals surface area contributed by atoms with Crippen molar-refractivity contribution < 1.29 is 4.79 Å². The van der Waals surface area contributed by atoms with Crippen LogP contribution in [0.2, 0.25) is 0 Å². The van der Waals surface area contributed by atoms with Crippen molar-refractivity contribution in [3.8, 4) is 0 Å². The molecule has 0 saturated carbocycles. The molecule has 1 rings (SSSR count). The van der Waals surface area contributed by atoms with Crippen LogP contribution in [0.25, 0.3) is 0 Å². The standard InChI is InChI=1S/C12H25N3O.2ClH/c1-13-7-5-6-12(16)14-8-11-15-9-3-2-4-10-15;;/h13H,2-11H2,1H3,(H,14,16);2*1H. The Labute approximate surface area is 123 Å². The van der Waals surface area contributed by atoms with Crippen LogP contribution in [0, 0.1) is 0 Å². The highest BCUT2D eigenvalue weighted by atomic mass is 35.5. The first kappa shape index (κ1) is 20.3. The molecule has 0 spiro atoms. The maximum Gasteiger partial charge on any atom is 0.220 e. The normalized spacial score (nSPS) is 15.4. The van der Waals surface area contributed by atoms with E-state index in [1.807, 2.05) is 7.05 Å². The van der Waals surface area contributed by atoms with Crippen LogP contribution >= 0.6 is 24.8 Å². The van der Waals surface area contributed by atoms with E-state index in [9.17, 15) is 4.79 Å². The number of halogens is 2. The van der Waals surface area contributed by atoms with Gasteiger partial charge < -0.3 is 15.5 Å². The number of nitrogens with zero attached hydrogens (tertiary/aromatic N) is 1. The molecule has 0 aromatic carbocycles. The Bertz CT molecular complexity index is 200. The zero-order chi connectivity index (χ0) is 11.6. The minimum atomic E-state index is 0. The van der Waals surface area contributed by atoms with E-state index < -0.39 is 0 Å². The van der Waals surface area contributed by atoms with Crippen LogP contribution in [0.4, 0.5) is 0 Å². The van der Waals surface area contributed by atoms with E-state index in [2.05, 4.69) is 15.5 Å². The van der Waals surface area contributed by atoms with E-state index in [4.69, 9.17) is 0 Å². The number of hydrogen-bond donors (Lipinski definition) is 2. The lowest BCUT2D eigenvalue weighted by atomic mass is 10.1. The number of hydrogen-bond acceptors (Lipinski definition) is 3. The molecule has 0 radical (unpaired) electrons. The zero-order valence-electron chi connectivity index (χ0n) is 11.2. The summed E-state index contributed by atoms with van der Waals surface area (Å²) in [6, 6.07) is 0. The van der Waals surface area contributed by atoms with Crippen LogP contribution in [0.15, 0.2) is 0 Å². The molecule has 1 fully saturated rings. The van der Waals surface area contributed by atoms with Gasteiger partial charge in [-0.1, -0.05) is 6.42 Å². The van der Waals surface area contributed by atoms with E-state index in [0.29, 0.717) is 6.42 Å². The molecule has 1 amide bonds. The fourth-order valence-electron chi connectivity index (χ4n) is 2.05. The predicted molar refractivity (Wildman–Crippen MR) is 81.0 cm³/mol. The third-order valence-electron chi connectivity index (χ3n) is 3.03. The van der Waals surface area contributed by atoms with Crippen LogP contribution < -0.4 is 10.6 Å². The summed E-state index contributed by atoms with van der Waals surface area (Å²) in [5, 5.41) is 6.02. The van der Waals surface area contributed by atoms with Crippen LogP contribution in [0.5, 0.6) is 0 Å². The maximum absolute atomic E-state index is 11.4. The van der Waals surface area contributed by atoms with Crippen molar-refractivity contribution in [1.82, 2.24) is 15.5 Å². The molecule has 1 aliphatic rings. The molecule has 0 aliphatic carbocycles. The van der Waals surface area contributed by atoms with Gasteiger partial charge in [-0.15, -0.1) is 24.8 Å². The van der Waals surface area contributed by atoms with Gasteiger partial charge in [-0.3, -0.25) is 4.79 Å². The fraction of sp³-hybridized carbons (Fsp3) is 0.917. The summed E-state index contributed by atoms with van der Waals surface area (Å²) in [5.74, 6) is 0.187. The summed E-state index contributed by atoms with van der Waals surface area (Å²) in [5.41, 5.74) is 0. The SMILES string of the molecule is CNCCCC(=O)NCCN1CCCCC1.Cl.Cl. The first-order valence-electron chi connectivity index (χ1n) is 6.46. The Morgan fingerprint density at radius 1 is 1.11 bits per heavy atom. The van der Waals surface area contributed by atoms with Crippen LogP contribution in [-0.4, -0.2) is 50.6 Å². The van der Waals surface area contributed by atoms with Crippen LogP contribution in [0.3, 0.4) is 0 Å². The number of likely N-dealkylation sites (tertiary alicyclic amines) is 1. The minimum Gasteiger partial charge on any atom is -0.355 e. The average molecular weight is 300 g/mol. The van der Waals surface area contributed by atoms with Crippen molar-refractivity contribution in [2.24, 2.45) is 0 Å². The van der Waals surface area contributed by atoms with Crippen molar-refractivity contribution in [1.29, 1.82) is 0 Å². The first-order valence-corrected chi connectivity index (χ1v) is 6.46. The molecule has 1 saturated heterocycles. The third-order valence-corrected chi connectivity index (χ3v) is 3.03. The van der Waals surface area contributed by atoms with E-state index in [0.717, 1.165) is 26.1 Å². The lowest BCUT2D eigenvalue weighted by molar-refractivity contribution is -0.121. The van der Waals surface area contributed by atoms with Gasteiger partial charge in [-0.25, -0.2) is 0 Å². The topological polar surface area (TPSA) is 44.4 Å². The van der Waals surface area contributed by atoms with Crippen LogP contribution in [0.1, 0.15) is 32.1 Å². The van der Waals surface area contributed by atoms with Gasteiger partial charge in [0.2, 0.25) is 5.91 Å². The lowest BCUT2D eigenvalue weighted by Gasteiger charge is -2.26. The van der Waals surface area contributed by atoms with Gasteiger partial charge in [0.25, 0.3) is 0 Å². The molecule has 0 atom stereocenters. The fourth-order valence-corrected chi connectivity index (χ4v) is 2.05. The van der Waals surface area contributed by atoms with Crippen molar-refractivity contribution in [3.05, 3.63) is 0 Å². The van der Waals surface area contributed by atoms with Gasteiger partial charge in [0, 0.05) is 19.5 Å². The number of rotatable bonds is 7. The summed E-state index contributed by atoms with van der Waals surface area (Å²) >= 11 is 0. The third kappa shape index (κ3) is 9.95. The molecule has 0 unspecified atom stereocenters. The van der Waals surface area contributed by atoms with E-state index in [1.165, 1.54) is 32.4 Å². The maximum atomic E-state index is 11.4. The molecule has 18 heavy (non-hydrogen) atoms. The Morgan fingerprint density at radius 2 is 1.78 bits per heavy atom. The Hall–Kier alpha value is -0.0300. The summed E-state index contributed by atoms with van der Waals surface area (Å²) in [6.07, 6.45) is 5.56. The summed E-state index contributed by atoms with van der Waals surface area (Å²) in [4.78, 5) is 13.8. The number of carbonyl (C=O) groups excluding carboxylic acids is 1. The van der Waals surface area contributed by atoms with Gasteiger partial charge in [0.15, 0.2) is 0 Å². The van der Waals surface area contributed by atoms with Gasteiger partial charge in [-0.05, 0) is 45.9 Å². The largest absolute Gasteiger partial charge is 0.355 e. The average Bonchev–Trinajstić information content (AvgIpc) is 2.31. The van der Waals surface area contributed by atoms with E-state index in [-0.39, 0.29) is 30.7 Å². The summed E-state index contributed by atoms with van der Waals surface area (Å²) in [7, 11) is 1.91. The highest BCUT2D eigenvalue weighted by molar-refractivity contribution is 5.85. The number of carbonyl (C=O) groups is 1.